The molecular formula is C56H51NS2. The van der Waals surface area contributed by atoms with Crippen molar-refractivity contribution in [1.29, 1.82) is 0 Å². The van der Waals surface area contributed by atoms with Crippen LogP contribution in [-0.2, 0) is 21.7 Å². The molecule has 2 aromatic heterocycles. The second kappa shape index (κ2) is 12.2. The first-order valence-electron chi connectivity index (χ1n) is 21.2. The molecule has 0 fully saturated rings. The van der Waals surface area contributed by atoms with Crippen molar-refractivity contribution in [3.05, 3.63) is 161 Å². The zero-order valence-corrected chi connectivity index (χ0v) is 37.5. The number of hydrogen-bond donors (Lipinski definition) is 0. The molecule has 7 aromatic carbocycles. The minimum atomic E-state index is -0.180. The quantitative estimate of drug-likeness (QED) is 0.172. The van der Waals surface area contributed by atoms with Crippen LogP contribution in [0.3, 0.4) is 0 Å². The standard InChI is InChI=1S/C56H51NS2/c1-53(2,3)32-26-40-39-30-45-41(31-50(39)59-52(40)46(27-32)54(4,5)6)51-43(56(45,9)10)19-15-20-47(51)57(34-23-25-38-37-17-12-14-21-48(37)58-49(38)29-34)33-22-24-36-35-16-11-13-18-42(35)55(7,8)44(36)28-33/h11-31H,1-10H3. The molecule has 0 unspecified atom stereocenters. The third-order valence-corrected chi connectivity index (χ3v) is 16.1. The van der Waals surface area contributed by atoms with E-state index in [9.17, 15) is 0 Å². The molecule has 11 rings (SSSR count). The number of nitrogens with zero attached hydrogens (tertiary/aromatic N) is 1. The maximum absolute atomic E-state index is 2.57. The Morgan fingerprint density at radius 3 is 1.88 bits per heavy atom. The van der Waals surface area contributed by atoms with Crippen molar-refractivity contribution in [2.24, 2.45) is 0 Å². The van der Waals surface area contributed by atoms with Crippen LogP contribution in [0.2, 0.25) is 0 Å². The van der Waals surface area contributed by atoms with Crippen LogP contribution in [-0.4, -0.2) is 0 Å². The molecular weight excluding hydrogens is 751 g/mol. The van der Waals surface area contributed by atoms with Gasteiger partial charge in [0.15, 0.2) is 0 Å². The molecule has 0 aliphatic heterocycles. The van der Waals surface area contributed by atoms with Crippen LogP contribution in [0.1, 0.15) is 103 Å². The summed E-state index contributed by atoms with van der Waals surface area (Å²) >= 11 is 3.87. The molecule has 9 aromatic rings. The van der Waals surface area contributed by atoms with E-state index in [4.69, 9.17) is 0 Å². The summed E-state index contributed by atoms with van der Waals surface area (Å²) in [5.74, 6) is 0. The summed E-state index contributed by atoms with van der Waals surface area (Å²) in [6.07, 6.45) is 0. The molecule has 0 saturated carbocycles. The van der Waals surface area contributed by atoms with Gasteiger partial charge in [-0.25, -0.2) is 0 Å². The number of rotatable bonds is 3. The Hall–Kier alpha value is -5.22. The lowest BCUT2D eigenvalue weighted by molar-refractivity contribution is 0.573. The molecule has 0 amide bonds. The maximum Gasteiger partial charge on any atom is 0.0543 e. The van der Waals surface area contributed by atoms with Gasteiger partial charge in [-0.1, -0.05) is 142 Å². The highest BCUT2D eigenvalue weighted by Gasteiger charge is 2.40. The molecule has 59 heavy (non-hydrogen) atoms. The van der Waals surface area contributed by atoms with Crippen molar-refractivity contribution in [2.45, 2.75) is 90.9 Å². The molecule has 0 bridgehead atoms. The molecule has 2 aliphatic carbocycles. The number of hydrogen-bond acceptors (Lipinski definition) is 3. The predicted molar refractivity (Wildman–Crippen MR) is 259 cm³/mol. The number of anilines is 3. The smallest absolute Gasteiger partial charge is 0.0543 e. The van der Waals surface area contributed by atoms with Crippen LogP contribution >= 0.6 is 22.7 Å². The first-order chi connectivity index (χ1) is 28.0. The topological polar surface area (TPSA) is 3.24 Å². The SMILES string of the molecule is CC(C)(C)c1cc(C(C)(C)C)c2sc3cc4c(cc3c2c1)C(C)(C)c1cccc(N(c2ccc3c(c2)C(C)(C)c2ccccc2-3)c2ccc3c(c2)sc2ccccc23)c1-4. The van der Waals surface area contributed by atoms with E-state index in [-0.39, 0.29) is 21.7 Å². The molecule has 0 radical (unpaired) electrons. The maximum atomic E-state index is 2.57. The third-order valence-electron chi connectivity index (χ3n) is 13.7. The fourth-order valence-corrected chi connectivity index (χ4v) is 13.0. The molecule has 0 N–H and O–H groups in total. The zero-order valence-electron chi connectivity index (χ0n) is 35.9. The summed E-state index contributed by atoms with van der Waals surface area (Å²) in [4.78, 5) is 2.57. The van der Waals surface area contributed by atoms with E-state index in [1.165, 1.54) is 113 Å². The third kappa shape index (κ3) is 5.26. The average molecular weight is 802 g/mol. The lowest BCUT2D eigenvalue weighted by Crippen LogP contribution is -2.17. The summed E-state index contributed by atoms with van der Waals surface area (Å²) in [7, 11) is 0. The highest BCUT2D eigenvalue weighted by Crippen LogP contribution is 2.58. The lowest BCUT2D eigenvalue weighted by Gasteiger charge is -2.30. The van der Waals surface area contributed by atoms with Gasteiger partial charge >= 0.3 is 0 Å². The van der Waals surface area contributed by atoms with E-state index in [1.807, 2.05) is 22.7 Å². The fourth-order valence-electron chi connectivity index (χ4n) is 10.4. The second-order valence-electron chi connectivity index (χ2n) is 20.2. The predicted octanol–water partition coefficient (Wildman–Crippen LogP) is 17.1. The Morgan fingerprint density at radius 2 is 1.08 bits per heavy atom. The van der Waals surface area contributed by atoms with Gasteiger partial charge in [-0.3, -0.25) is 0 Å². The summed E-state index contributed by atoms with van der Waals surface area (Å²) in [6.45, 7) is 23.8. The Labute approximate surface area is 357 Å². The number of thiophene rings is 2. The Bertz CT molecular complexity index is 3240. The fraction of sp³-hybridized carbons (Fsp3) is 0.250. The normalized spacial score (nSPS) is 15.2. The molecule has 2 heterocycles. The van der Waals surface area contributed by atoms with Gasteiger partial charge < -0.3 is 4.90 Å². The molecule has 0 spiro atoms. The molecule has 2 aliphatic rings. The van der Waals surface area contributed by atoms with E-state index in [0.717, 1.165) is 0 Å². The van der Waals surface area contributed by atoms with E-state index in [1.54, 1.807) is 0 Å². The largest absolute Gasteiger partial charge is 0.310 e. The van der Waals surface area contributed by atoms with Crippen molar-refractivity contribution in [3.63, 3.8) is 0 Å². The average Bonchev–Trinajstić information content (AvgIpc) is 3.88. The van der Waals surface area contributed by atoms with Gasteiger partial charge in [0.1, 0.15) is 0 Å². The molecule has 1 nitrogen and oxygen atoms in total. The van der Waals surface area contributed by atoms with Crippen LogP contribution in [0.15, 0.2) is 127 Å². The van der Waals surface area contributed by atoms with Crippen molar-refractivity contribution in [1.82, 2.24) is 0 Å². The van der Waals surface area contributed by atoms with Gasteiger partial charge in [0.25, 0.3) is 0 Å². The van der Waals surface area contributed by atoms with Crippen LogP contribution in [0, 0.1) is 0 Å². The Balaban J connectivity index is 1.17. The van der Waals surface area contributed by atoms with Crippen molar-refractivity contribution >= 4 is 80.1 Å². The van der Waals surface area contributed by atoms with Crippen LogP contribution < -0.4 is 4.90 Å². The molecule has 3 heteroatoms. The van der Waals surface area contributed by atoms with Gasteiger partial charge in [-0.05, 0) is 115 Å². The molecule has 0 saturated heterocycles. The summed E-state index contributed by atoms with van der Waals surface area (Å²) in [5, 5.41) is 5.43. The van der Waals surface area contributed by atoms with Gasteiger partial charge in [0.05, 0.1) is 5.69 Å². The second-order valence-corrected chi connectivity index (χ2v) is 22.4. The minimum Gasteiger partial charge on any atom is -0.310 e. The Kier molecular flexibility index (Phi) is 7.60. The van der Waals surface area contributed by atoms with E-state index >= 15 is 0 Å². The first-order valence-corrected chi connectivity index (χ1v) is 22.8. The summed E-state index contributed by atoms with van der Waals surface area (Å²) < 4.78 is 5.43. The van der Waals surface area contributed by atoms with E-state index in [0.29, 0.717) is 0 Å². The number of benzene rings is 7. The van der Waals surface area contributed by atoms with E-state index in [2.05, 4.69) is 202 Å². The number of fused-ring (bicyclic) bond motifs is 12. The summed E-state index contributed by atoms with van der Waals surface area (Å²) in [5.41, 5.74) is 17.2. The van der Waals surface area contributed by atoms with Crippen molar-refractivity contribution in [2.75, 3.05) is 4.90 Å². The summed E-state index contributed by atoms with van der Waals surface area (Å²) in [6, 6.07) is 49.3. The lowest BCUT2D eigenvalue weighted by atomic mass is 9.79. The minimum absolute atomic E-state index is 0.0317. The first kappa shape index (κ1) is 36.8. The molecule has 0 atom stereocenters. The highest BCUT2D eigenvalue weighted by molar-refractivity contribution is 7.26. The molecule has 292 valence electrons. The van der Waals surface area contributed by atoms with Crippen LogP contribution in [0.4, 0.5) is 17.1 Å². The van der Waals surface area contributed by atoms with Gasteiger partial charge in [0.2, 0.25) is 0 Å². The van der Waals surface area contributed by atoms with Crippen molar-refractivity contribution < 1.29 is 0 Å². The van der Waals surface area contributed by atoms with Crippen LogP contribution in [0.5, 0.6) is 0 Å². The van der Waals surface area contributed by atoms with Gasteiger partial charge in [0, 0.05) is 68.1 Å². The van der Waals surface area contributed by atoms with Gasteiger partial charge in [-0.15, -0.1) is 22.7 Å². The van der Waals surface area contributed by atoms with Crippen LogP contribution in [0.25, 0.3) is 62.6 Å². The Morgan fingerprint density at radius 1 is 0.441 bits per heavy atom. The van der Waals surface area contributed by atoms with E-state index < -0.39 is 0 Å². The highest BCUT2D eigenvalue weighted by atomic mass is 32.1. The monoisotopic (exact) mass is 801 g/mol. The van der Waals surface area contributed by atoms with Crippen molar-refractivity contribution in [3.8, 4) is 22.3 Å². The zero-order chi connectivity index (χ0) is 41.0. The van der Waals surface area contributed by atoms with Gasteiger partial charge in [-0.2, -0.15) is 0 Å².